The van der Waals surface area contributed by atoms with E-state index in [0.717, 1.165) is 18.4 Å². The molecule has 122 valence electrons. The SMILES string of the molecule is CN=C(NCCCC1CCCC1)NCCNC(=O)C(C)C. The number of carbonyl (C=O) groups excluding carboxylic acids is 1. The van der Waals surface area contributed by atoms with Gasteiger partial charge in [0.2, 0.25) is 5.91 Å². The third-order valence-corrected chi connectivity index (χ3v) is 4.02. The van der Waals surface area contributed by atoms with Crippen molar-refractivity contribution >= 4 is 11.9 Å². The van der Waals surface area contributed by atoms with Crippen LogP contribution in [0.1, 0.15) is 52.4 Å². The van der Waals surface area contributed by atoms with E-state index in [1.807, 2.05) is 13.8 Å². The van der Waals surface area contributed by atoms with Gasteiger partial charge in [0.25, 0.3) is 0 Å². The van der Waals surface area contributed by atoms with Crippen LogP contribution in [0.2, 0.25) is 0 Å². The van der Waals surface area contributed by atoms with Gasteiger partial charge in [0.15, 0.2) is 5.96 Å². The fraction of sp³-hybridized carbons (Fsp3) is 0.875. The minimum Gasteiger partial charge on any atom is -0.356 e. The van der Waals surface area contributed by atoms with Gasteiger partial charge in [0.1, 0.15) is 0 Å². The molecule has 0 heterocycles. The summed E-state index contributed by atoms with van der Waals surface area (Å²) in [6.45, 7) is 6.08. The molecular weight excluding hydrogens is 264 g/mol. The molecule has 1 aliphatic rings. The van der Waals surface area contributed by atoms with E-state index >= 15 is 0 Å². The number of hydrogen-bond donors (Lipinski definition) is 3. The van der Waals surface area contributed by atoms with Crippen molar-refractivity contribution in [2.75, 3.05) is 26.7 Å². The predicted molar refractivity (Wildman–Crippen MR) is 88.4 cm³/mol. The lowest BCUT2D eigenvalue weighted by Crippen LogP contribution is -2.42. The second kappa shape index (κ2) is 10.5. The van der Waals surface area contributed by atoms with E-state index in [1.165, 1.54) is 38.5 Å². The van der Waals surface area contributed by atoms with Gasteiger partial charge in [-0.3, -0.25) is 9.79 Å². The molecule has 1 amide bonds. The zero-order valence-electron chi connectivity index (χ0n) is 13.9. The van der Waals surface area contributed by atoms with Crippen molar-refractivity contribution in [2.45, 2.75) is 52.4 Å². The molecule has 0 atom stereocenters. The van der Waals surface area contributed by atoms with Crippen LogP contribution in [0.15, 0.2) is 4.99 Å². The molecule has 0 aromatic carbocycles. The first-order valence-corrected chi connectivity index (χ1v) is 8.35. The van der Waals surface area contributed by atoms with Crippen LogP contribution in [0, 0.1) is 11.8 Å². The zero-order valence-corrected chi connectivity index (χ0v) is 13.9. The van der Waals surface area contributed by atoms with Crippen molar-refractivity contribution in [1.29, 1.82) is 0 Å². The lowest BCUT2D eigenvalue weighted by Gasteiger charge is -2.14. The van der Waals surface area contributed by atoms with Crippen molar-refractivity contribution in [2.24, 2.45) is 16.8 Å². The Kier molecular flexibility index (Phi) is 8.87. The Bertz CT molecular complexity index is 322. The zero-order chi connectivity index (χ0) is 15.5. The summed E-state index contributed by atoms with van der Waals surface area (Å²) in [4.78, 5) is 15.6. The fourth-order valence-corrected chi connectivity index (χ4v) is 2.69. The molecule has 3 N–H and O–H groups in total. The molecule has 1 aliphatic carbocycles. The summed E-state index contributed by atoms with van der Waals surface area (Å²) in [7, 11) is 1.78. The summed E-state index contributed by atoms with van der Waals surface area (Å²) < 4.78 is 0. The van der Waals surface area contributed by atoms with Gasteiger partial charge in [-0.15, -0.1) is 0 Å². The first-order valence-electron chi connectivity index (χ1n) is 8.35. The van der Waals surface area contributed by atoms with Crippen LogP contribution >= 0.6 is 0 Å². The van der Waals surface area contributed by atoms with Crippen LogP contribution in [0.25, 0.3) is 0 Å². The molecule has 0 unspecified atom stereocenters. The average Bonchev–Trinajstić information content (AvgIpc) is 2.98. The maximum Gasteiger partial charge on any atom is 0.222 e. The Balaban J connectivity index is 2.02. The van der Waals surface area contributed by atoms with Crippen molar-refractivity contribution < 1.29 is 4.79 Å². The molecule has 0 aromatic rings. The number of nitrogens with one attached hydrogen (secondary N) is 3. The minimum absolute atomic E-state index is 0.0398. The Labute approximate surface area is 129 Å². The first kappa shape index (κ1) is 17.8. The van der Waals surface area contributed by atoms with E-state index in [1.54, 1.807) is 7.05 Å². The second-order valence-corrected chi connectivity index (χ2v) is 6.16. The molecule has 0 radical (unpaired) electrons. The van der Waals surface area contributed by atoms with Crippen LogP contribution in [0.4, 0.5) is 0 Å². The van der Waals surface area contributed by atoms with Crippen LogP contribution in [0.3, 0.4) is 0 Å². The van der Waals surface area contributed by atoms with Crippen LogP contribution in [-0.4, -0.2) is 38.5 Å². The topological polar surface area (TPSA) is 65.5 Å². The largest absolute Gasteiger partial charge is 0.356 e. The van der Waals surface area contributed by atoms with Crippen molar-refractivity contribution in [3.8, 4) is 0 Å². The second-order valence-electron chi connectivity index (χ2n) is 6.16. The Morgan fingerprint density at radius 2 is 1.71 bits per heavy atom. The van der Waals surface area contributed by atoms with E-state index in [0.29, 0.717) is 13.1 Å². The van der Waals surface area contributed by atoms with Crippen molar-refractivity contribution in [1.82, 2.24) is 16.0 Å². The Hall–Kier alpha value is -1.26. The lowest BCUT2D eigenvalue weighted by atomic mass is 10.0. The standard InChI is InChI=1S/C16H32N4O/c1-13(2)15(21)18-11-12-20-16(17-3)19-10-6-9-14-7-4-5-8-14/h13-14H,4-12H2,1-3H3,(H,18,21)(H2,17,19,20). The van der Waals surface area contributed by atoms with Crippen LogP contribution in [-0.2, 0) is 4.79 Å². The third kappa shape index (κ3) is 7.93. The smallest absolute Gasteiger partial charge is 0.222 e. The normalized spacial score (nSPS) is 16.3. The number of amides is 1. The summed E-state index contributed by atoms with van der Waals surface area (Å²) in [6.07, 6.45) is 8.21. The van der Waals surface area contributed by atoms with Crippen LogP contribution < -0.4 is 16.0 Å². The third-order valence-electron chi connectivity index (χ3n) is 4.02. The quantitative estimate of drug-likeness (QED) is 0.364. The molecule has 0 aromatic heterocycles. The van der Waals surface area contributed by atoms with E-state index in [4.69, 9.17) is 0 Å². The summed E-state index contributed by atoms with van der Waals surface area (Å²) in [5.41, 5.74) is 0. The van der Waals surface area contributed by atoms with Gasteiger partial charge in [-0.05, 0) is 18.8 Å². The number of carbonyl (C=O) groups is 1. The summed E-state index contributed by atoms with van der Waals surface area (Å²) in [5.74, 6) is 1.91. The molecule has 0 bridgehead atoms. The maximum absolute atomic E-state index is 11.4. The van der Waals surface area contributed by atoms with Gasteiger partial charge in [-0.25, -0.2) is 0 Å². The molecule has 0 aliphatic heterocycles. The van der Waals surface area contributed by atoms with Gasteiger partial charge in [0, 0.05) is 32.6 Å². The molecular formula is C16H32N4O. The van der Waals surface area contributed by atoms with Crippen molar-refractivity contribution in [3.05, 3.63) is 0 Å². The predicted octanol–water partition coefficient (Wildman–Crippen LogP) is 1.89. The summed E-state index contributed by atoms with van der Waals surface area (Å²) in [5, 5.41) is 9.43. The van der Waals surface area contributed by atoms with Crippen molar-refractivity contribution in [3.63, 3.8) is 0 Å². The summed E-state index contributed by atoms with van der Waals surface area (Å²) in [6, 6.07) is 0. The highest BCUT2D eigenvalue weighted by Gasteiger charge is 2.13. The molecule has 5 heteroatoms. The first-order chi connectivity index (χ1) is 10.1. The monoisotopic (exact) mass is 296 g/mol. The van der Waals surface area contributed by atoms with Gasteiger partial charge in [-0.1, -0.05) is 39.5 Å². The number of hydrogen-bond acceptors (Lipinski definition) is 2. The Morgan fingerprint density at radius 3 is 2.33 bits per heavy atom. The molecule has 1 rings (SSSR count). The van der Waals surface area contributed by atoms with Gasteiger partial charge in [-0.2, -0.15) is 0 Å². The Morgan fingerprint density at radius 1 is 1.10 bits per heavy atom. The number of rotatable bonds is 8. The summed E-state index contributed by atoms with van der Waals surface area (Å²) >= 11 is 0. The highest BCUT2D eigenvalue weighted by molar-refractivity contribution is 5.80. The van der Waals surface area contributed by atoms with E-state index in [-0.39, 0.29) is 11.8 Å². The molecule has 0 spiro atoms. The van der Waals surface area contributed by atoms with Gasteiger partial charge in [0.05, 0.1) is 0 Å². The van der Waals surface area contributed by atoms with Gasteiger partial charge >= 0.3 is 0 Å². The molecule has 5 nitrogen and oxygen atoms in total. The van der Waals surface area contributed by atoms with E-state index < -0.39 is 0 Å². The molecule has 1 saturated carbocycles. The van der Waals surface area contributed by atoms with Crippen LogP contribution in [0.5, 0.6) is 0 Å². The highest BCUT2D eigenvalue weighted by Crippen LogP contribution is 2.28. The molecule has 0 saturated heterocycles. The number of nitrogens with zero attached hydrogens (tertiary/aromatic N) is 1. The number of guanidine groups is 1. The van der Waals surface area contributed by atoms with E-state index in [9.17, 15) is 4.79 Å². The lowest BCUT2D eigenvalue weighted by molar-refractivity contribution is -0.123. The van der Waals surface area contributed by atoms with E-state index in [2.05, 4.69) is 20.9 Å². The highest BCUT2D eigenvalue weighted by atomic mass is 16.1. The molecule has 21 heavy (non-hydrogen) atoms. The number of aliphatic imine (C=N–C) groups is 1. The fourth-order valence-electron chi connectivity index (χ4n) is 2.69. The minimum atomic E-state index is 0.0398. The maximum atomic E-state index is 11.4. The molecule has 1 fully saturated rings. The van der Waals surface area contributed by atoms with Gasteiger partial charge < -0.3 is 16.0 Å². The average molecular weight is 296 g/mol.